The largest absolute Gasteiger partial charge is 1.00 e. The number of rotatable bonds is 5. The number of aliphatic hydroxyl groups excluding tert-OH is 2. The molecule has 6 radical (unpaired) electrons. The van der Waals surface area contributed by atoms with Gasteiger partial charge in [-0.15, -0.1) is 34.0 Å². The summed E-state index contributed by atoms with van der Waals surface area (Å²) in [5.74, 6) is 0. The topological polar surface area (TPSA) is 192 Å². The van der Waals surface area contributed by atoms with Crippen molar-refractivity contribution >= 4 is 108 Å². The van der Waals surface area contributed by atoms with Gasteiger partial charge >= 0.3 is 265 Å². The molecule has 0 amide bonds. The van der Waals surface area contributed by atoms with Crippen molar-refractivity contribution < 1.29 is 330 Å². The van der Waals surface area contributed by atoms with Gasteiger partial charge in [0.15, 0.2) is 0 Å². The Morgan fingerprint density at radius 2 is 0.702 bits per heavy atom. The molecule has 268 valence electrons. The number of methoxy groups -OCH3 is 2. The van der Waals surface area contributed by atoms with Gasteiger partial charge in [-0.2, -0.15) is 0 Å². The second-order valence-corrected chi connectivity index (χ2v) is 5.76. The van der Waals surface area contributed by atoms with E-state index in [1.807, 2.05) is 34.6 Å². The van der Waals surface area contributed by atoms with Crippen molar-refractivity contribution in [3.63, 3.8) is 0 Å². The molecule has 0 spiro atoms. The number of aliphatic hydroxyl groups is 2. The van der Waals surface area contributed by atoms with Crippen molar-refractivity contribution in [1.82, 2.24) is 0 Å². The number of hydrogen-bond donors (Lipinski definition) is 2. The first kappa shape index (κ1) is 147. The maximum atomic E-state index is 9.17. The second kappa shape index (κ2) is 281. The molecular weight excluding hydrogens is 1010 g/mol. The first-order valence-electron chi connectivity index (χ1n) is 10.2. The first-order chi connectivity index (χ1) is 16.6. The molecule has 12 nitrogen and oxygen atoms in total. The van der Waals surface area contributed by atoms with E-state index >= 15 is 0 Å². The summed E-state index contributed by atoms with van der Waals surface area (Å²) in [6, 6.07) is 0. The molecule has 0 bridgehead atoms. The molecule has 24 heteroatoms. The molecule has 0 heterocycles. The minimum Gasteiger partial charge on any atom is -1.00 e. The zero-order chi connectivity index (χ0) is 30.6. The molecular formula is C23H64B2Br4K4Na2O12. The van der Waals surface area contributed by atoms with Crippen LogP contribution in [0.1, 0.15) is 82.4 Å². The Hall–Kier alpha value is 8.64. The van der Waals surface area contributed by atoms with E-state index in [1.54, 1.807) is 28.1 Å². The zero-order valence-electron chi connectivity index (χ0n) is 35.0. The van der Waals surface area contributed by atoms with Crippen LogP contribution in [0.25, 0.3) is 0 Å². The van der Waals surface area contributed by atoms with E-state index in [4.69, 9.17) is 35.1 Å². The van der Waals surface area contributed by atoms with Crippen molar-refractivity contribution in [3.8, 4) is 0 Å². The Labute approximate surface area is 552 Å². The normalized spacial score (nSPS) is 4.51. The number of halogens is 4. The minimum absolute atomic E-state index is 0. The average molecular weight is 1080 g/mol. The van der Waals surface area contributed by atoms with Gasteiger partial charge in [-0.3, -0.25) is 9.59 Å². The van der Waals surface area contributed by atoms with Crippen molar-refractivity contribution in [1.29, 1.82) is 0 Å². The van der Waals surface area contributed by atoms with E-state index in [-0.39, 0.29) is 362 Å². The van der Waals surface area contributed by atoms with E-state index in [0.29, 0.717) is 6.42 Å². The fourth-order valence-corrected chi connectivity index (χ4v) is 0. The van der Waals surface area contributed by atoms with Gasteiger partial charge in [0, 0.05) is 74.6 Å². The smallest absolute Gasteiger partial charge is 1.00 e. The third kappa shape index (κ3) is 814. The Bertz CT molecular complexity index is 279. The number of aldehydes is 2. The van der Waals surface area contributed by atoms with E-state index in [1.165, 1.54) is 6.92 Å². The van der Waals surface area contributed by atoms with Crippen LogP contribution in [0.5, 0.6) is 0 Å². The van der Waals surface area contributed by atoms with E-state index in [2.05, 4.69) is 51.1 Å². The molecule has 0 aliphatic heterocycles. The Balaban J connectivity index is -0.00000000549. The fourth-order valence-electron chi connectivity index (χ4n) is 0. The van der Waals surface area contributed by atoms with Gasteiger partial charge in [0.2, 0.25) is 0 Å². The van der Waals surface area contributed by atoms with Gasteiger partial charge in [0.05, 0.1) is 0 Å². The molecule has 0 atom stereocenters. The molecule has 0 aromatic rings. The second-order valence-electron chi connectivity index (χ2n) is 3.52. The van der Waals surface area contributed by atoms with E-state index in [0.717, 1.165) is 36.4 Å². The third-order valence-corrected chi connectivity index (χ3v) is 0.823. The van der Waals surface area contributed by atoms with Crippen LogP contribution >= 0.6 is 65.8 Å². The molecule has 0 saturated heterocycles. The summed E-state index contributed by atoms with van der Waals surface area (Å²) < 4.78 is 9.08. The van der Waals surface area contributed by atoms with Gasteiger partial charge in [-0.1, -0.05) is 67.5 Å². The standard InChI is InChI=1S/2C3H8O.C3H6O.2C2H5Br.2C2H6O.C2H4O.2CH2O3.2CH4.2B.2BrH.4K.2Na.4H/c2*1-3-4-2;1-2-3-4;5*1-2-3;2*2-1-4-3;;;;;;;;;;;;;;;;/h2*3H2,1-2H3;3H,2H2,1H3;2*2H2,1H3;2*3H,2H2,1H3;2H,1H3;2*1,3H;2*1H4;;;2*1H;;;;;;;;;;/q;;;;;;;;;;;;;;;;6*+1;4*-1/p-2. The molecule has 0 fully saturated rings. The summed E-state index contributed by atoms with van der Waals surface area (Å²) in [7, 11) is 3.36. The fraction of sp³-hybridized carbons (Fsp3) is 0.826. The van der Waals surface area contributed by atoms with Crippen LogP contribution in [0.2, 0.25) is 0 Å². The number of alkyl halides is 2. The summed E-state index contributed by atoms with van der Waals surface area (Å²) >= 11 is 6.29. The van der Waals surface area contributed by atoms with E-state index < -0.39 is 0 Å². The van der Waals surface area contributed by atoms with E-state index in [9.17, 15) is 4.79 Å². The number of hydrogen-bond acceptors (Lipinski definition) is 12. The van der Waals surface area contributed by atoms with Crippen LogP contribution in [-0.4, -0.2) is 104 Å². The zero-order valence-corrected chi connectivity index (χ0v) is 54.1. The summed E-state index contributed by atoms with van der Waals surface area (Å²) in [4.78, 5) is 40.5. The number of carbonyl (C=O) groups excluding carboxylic acids is 4. The maximum absolute atomic E-state index is 9.17. The van der Waals surface area contributed by atoms with Crippen molar-refractivity contribution in [2.75, 3.05) is 51.3 Å². The molecule has 0 rings (SSSR count). The van der Waals surface area contributed by atoms with Gasteiger partial charge in [0.1, 0.15) is 12.6 Å². The van der Waals surface area contributed by atoms with Crippen LogP contribution in [0.3, 0.4) is 0 Å². The third-order valence-electron chi connectivity index (χ3n) is 0.823. The molecule has 47 heavy (non-hydrogen) atoms. The Morgan fingerprint density at radius 3 is 0.702 bits per heavy atom. The molecule has 0 aliphatic rings. The van der Waals surface area contributed by atoms with Gasteiger partial charge in [-0.25, -0.2) is 0 Å². The minimum atomic E-state index is -0.181. The first-order valence-corrected chi connectivity index (χ1v) is 12.5. The average Bonchev–Trinajstić information content (AvgIpc) is 2.86. The maximum Gasteiger partial charge on any atom is 1.00 e. The summed E-state index contributed by atoms with van der Waals surface area (Å²) in [5, 5.41) is 34.1. The van der Waals surface area contributed by atoms with Crippen LogP contribution in [0, 0.1) is 0 Å². The van der Waals surface area contributed by atoms with Crippen molar-refractivity contribution in [2.45, 2.75) is 76.7 Å². The summed E-state index contributed by atoms with van der Waals surface area (Å²) in [5.41, 5.74) is 0. The van der Waals surface area contributed by atoms with Crippen LogP contribution in [-0.2, 0) is 38.4 Å². The summed E-state index contributed by atoms with van der Waals surface area (Å²) in [6.07, 6.45) is 2.26. The monoisotopic (exact) mass is 1070 g/mol. The summed E-state index contributed by atoms with van der Waals surface area (Å²) in [6.45, 7) is 16.4. The van der Waals surface area contributed by atoms with Crippen molar-refractivity contribution in [2.24, 2.45) is 0 Å². The van der Waals surface area contributed by atoms with Crippen LogP contribution < -0.4 is 275 Å². The molecule has 0 aromatic carbocycles. The molecule has 2 N–H and O–H groups in total. The molecule has 0 unspecified atom stereocenters. The van der Waals surface area contributed by atoms with Gasteiger partial charge in [-0.05, 0) is 34.6 Å². The predicted molar refractivity (Wildman–Crippen MR) is 192 cm³/mol. The molecule has 0 saturated carbocycles. The number of ether oxygens (including phenoxy) is 2. The van der Waals surface area contributed by atoms with Crippen LogP contribution in [0.4, 0.5) is 0 Å². The Morgan fingerprint density at radius 1 is 0.638 bits per heavy atom. The molecule has 0 aliphatic carbocycles. The SMILES string of the molecule is Br.Br.C.C.CC=O.CCBr.CCBr.CCC=O.CCO.CCO.CCOC.CCOC.O=CO[O-].O=CO[O-].[B].[B].[H-].[H-].[H-].[H-].[K+].[K+].[K+].[K+].[Na+].[Na+]. The predicted octanol–water partition coefficient (Wildman–Crippen LogP) is -14.1. The quantitative estimate of drug-likeness (QED) is 0.0872. The Kier molecular flexibility index (Phi) is 879. The number of carbonyl (C=O) groups is 4. The van der Waals surface area contributed by atoms with Crippen molar-refractivity contribution in [3.05, 3.63) is 0 Å². The molecule has 0 aromatic heterocycles. The van der Waals surface area contributed by atoms with Gasteiger partial charge < -0.3 is 55.3 Å². The van der Waals surface area contributed by atoms with Crippen LogP contribution in [0.15, 0.2) is 0 Å². The van der Waals surface area contributed by atoms with Gasteiger partial charge in [0.25, 0.3) is 12.9 Å².